The molecule has 1 heterocycles. The first-order valence-corrected chi connectivity index (χ1v) is 9.34. The van der Waals surface area contributed by atoms with Crippen molar-refractivity contribution in [2.45, 2.75) is 12.8 Å². The molecule has 2 aliphatic rings. The molecule has 0 unspecified atom stereocenters. The van der Waals surface area contributed by atoms with Crippen LogP contribution in [-0.4, -0.2) is 25.5 Å². The maximum atomic E-state index is 13.3. The highest BCUT2D eigenvalue weighted by Crippen LogP contribution is 2.46. The normalized spacial score (nSPS) is 17.4. The summed E-state index contributed by atoms with van der Waals surface area (Å²) in [6.45, 7) is 5.88. The van der Waals surface area contributed by atoms with Gasteiger partial charge in [0.1, 0.15) is 12.4 Å². The lowest BCUT2D eigenvalue weighted by Crippen LogP contribution is -2.29. The number of hydrogen-bond acceptors (Lipinski definition) is 5. The van der Waals surface area contributed by atoms with Crippen LogP contribution >= 0.6 is 0 Å². The number of nitrogens with one attached hydrogen (secondary N) is 1. The Bertz CT molecular complexity index is 1080. The molecule has 1 N–H and O–H groups in total. The van der Waals surface area contributed by atoms with Crippen LogP contribution in [0.5, 0.6) is 5.75 Å². The Morgan fingerprint density at radius 2 is 1.83 bits per heavy atom. The third kappa shape index (κ3) is 3.05. The molecule has 0 aromatic heterocycles. The van der Waals surface area contributed by atoms with Gasteiger partial charge in [0.05, 0.1) is 18.4 Å². The Morgan fingerprint density at radius 3 is 2.48 bits per heavy atom. The third-order valence-electron chi connectivity index (χ3n) is 5.24. The largest absolute Gasteiger partial charge is 0.490 e. The molecule has 0 amide bonds. The van der Waals surface area contributed by atoms with E-state index in [4.69, 9.17) is 9.47 Å². The van der Waals surface area contributed by atoms with Gasteiger partial charge in [-0.05, 0) is 24.6 Å². The van der Waals surface area contributed by atoms with Gasteiger partial charge in [-0.3, -0.25) is 4.79 Å². The van der Waals surface area contributed by atoms with Gasteiger partial charge in [-0.15, -0.1) is 0 Å². The Kier molecular flexibility index (Phi) is 4.80. The molecule has 0 bridgehead atoms. The van der Waals surface area contributed by atoms with Gasteiger partial charge in [-0.2, -0.15) is 0 Å². The molecule has 2 aromatic carbocycles. The first-order chi connectivity index (χ1) is 14.1. The number of ether oxygens (including phenoxy) is 2. The molecule has 4 rings (SSSR count). The third-order valence-corrected chi connectivity index (χ3v) is 5.24. The lowest BCUT2D eigenvalue weighted by Gasteiger charge is -2.29. The molecule has 2 aromatic rings. The fraction of sp³-hybridized carbons (Fsp3) is 0.167. The quantitative estimate of drug-likeness (QED) is 0.621. The molecular weight excluding hydrogens is 366 g/mol. The topological polar surface area (TPSA) is 64.6 Å². The summed E-state index contributed by atoms with van der Waals surface area (Å²) in [7, 11) is 1.35. The van der Waals surface area contributed by atoms with Gasteiger partial charge in [0.2, 0.25) is 0 Å². The minimum absolute atomic E-state index is 0.0750. The predicted molar refractivity (Wildman–Crippen MR) is 110 cm³/mol. The van der Waals surface area contributed by atoms with Gasteiger partial charge in [-0.1, -0.05) is 49.1 Å². The smallest absolute Gasteiger partial charge is 0.336 e. The molecule has 0 saturated carbocycles. The second-order valence-electron chi connectivity index (χ2n) is 6.92. The number of carbonyl (C=O) groups excluding carboxylic acids is 2. The second-order valence-corrected chi connectivity index (χ2v) is 6.92. The monoisotopic (exact) mass is 387 g/mol. The SMILES string of the molecule is C=CCOc1ccc([C@@H]2C(C(=O)OC)=C(C)NC3=C2C(=O)c2ccccc23)cc1. The van der Waals surface area contributed by atoms with E-state index < -0.39 is 11.9 Å². The number of Topliss-reactive ketones (excluding diaryl/α,β-unsaturated/α-hetero) is 1. The molecule has 1 atom stereocenters. The number of benzene rings is 2. The van der Waals surface area contributed by atoms with Crippen LogP contribution in [0.25, 0.3) is 5.70 Å². The number of rotatable bonds is 5. The summed E-state index contributed by atoms with van der Waals surface area (Å²) in [4.78, 5) is 25.9. The molecule has 29 heavy (non-hydrogen) atoms. The highest BCUT2D eigenvalue weighted by atomic mass is 16.5. The van der Waals surface area contributed by atoms with Crippen LogP contribution in [0, 0.1) is 0 Å². The number of allylic oxidation sites excluding steroid dienone is 2. The van der Waals surface area contributed by atoms with Gasteiger partial charge in [0.25, 0.3) is 0 Å². The van der Waals surface area contributed by atoms with Crippen LogP contribution in [0.3, 0.4) is 0 Å². The van der Waals surface area contributed by atoms with E-state index in [1.54, 1.807) is 6.08 Å². The molecule has 0 fully saturated rings. The first-order valence-electron chi connectivity index (χ1n) is 9.34. The van der Waals surface area contributed by atoms with Crippen LogP contribution in [0.2, 0.25) is 0 Å². The van der Waals surface area contributed by atoms with E-state index >= 15 is 0 Å². The molecule has 5 heteroatoms. The van der Waals surface area contributed by atoms with Crippen LogP contribution < -0.4 is 10.1 Å². The Labute approximate surface area is 169 Å². The van der Waals surface area contributed by atoms with E-state index in [-0.39, 0.29) is 5.78 Å². The number of fused-ring (bicyclic) bond motifs is 2. The van der Waals surface area contributed by atoms with Gasteiger partial charge >= 0.3 is 5.97 Å². The van der Waals surface area contributed by atoms with E-state index in [0.29, 0.717) is 34.8 Å². The summed E-state index contributed by atoms with van der Waals surface area (Å²) < 4.78 is 10.6. The fourth-order valence-corrected chi connectivity index (χ4v) is 3.95. The summed E-state index contributed by atoms with van der Waals surface area (Å²) in [6, 6.07) is 14.9. The number of methoxy groups -OCH3 is 1. The summed E-state index contributed by atoms with van der Waals surface area (Å²) in [6.07, 6.45) is 1.67. The van der Waals surface area contributed by atoms with E-state index in [1.807, 2.05) is 55.5 Å². The molecule has 5 nitrogen and oxygen atoms in total. The van der Waals surface area contributed by atoms with Gasteiger partial charge < -0.3 is 14.8 Å². The van der Waals surface area contributed by atoms with Gasteiger partial charge in [-0.25, -0.2) is 4.79 Å². The molecular formula is C24H21NO4. The van der Waals surface area contributed by atoms with Crippen LogP contribution in [0.15, 0.2) is 78.0 Å². The maximum absolute atomic E-state index is 13.3. The van der Waals surface area contributed by atoms with E-state index in [9.17, 15) is 9.59 Å². The van der Waals surface area contributed by atoms with Crippen molar-refractivity contribution in [2.24, 2.45) is 0 Å². The van der Waals surface area contributed by atoms with E-state index in [2.05, 4.69) is 11.9 Å². The predicted octanol–water partition coefficient (Wildman–Crippen LogP) is 3.99. The van der Waals surface area contributed by atoms with Crippen molar-refractivity contribution in [3.05, 3.63) is 94.7 Å². The number of ketones is 1. The molecule has 1 aliphatic heterocycles. The molecule has 146 valence electrons. The zero-order valence-electron chi connectivity index (χ0n) is 16.3. The minimum Gasteiger partial charge on any atom is -0.490 e. The lowest BCUT2D eigenvalue weighted by molar-refractivity contribution is -0.136. The standard InChI is InChI=1S/C24H21NO4/c1-4-13-29-16-11-9-15(10-12-16)20-19(24(27)28-3)14(2)25-22-17-7-5-6-8-18(17)23(26)21(20)22/h4-12,20,25H,1,13H2,2-3H3/t20-/m1/s1. The highest BCUT2D eigenvalue weighted by Gasteiger charge is 2.42. The summed E-state index contributed by atoms with van der Waals surface area (Å²) in [5.41, 5.74) is 4.76. The Morgan fingerprint density at radius 1 is 1.14 bits per heavy atom. The van der Waals surface area contributed by atoms with Crippen LogP contribution in [-0.2, 0) is 9.53 Å². The number of dihydropyridines is 1. The molecule has 1 aliphatic carbocycles. The van der Waals surface area contributed by atoms with Crippen molar-refractivity contribution in [1.29, 1.82) is 0 Å². The fourth-order valence-electron chi connectivity index (χ4n) is 3.95. The van der Waals surface area contributed by atoms with Gasteiger partial charge in [0.15, 0.2) is 5.78 Å². The number of hydrogen-bond donors (Lipinski definition) is 1. The Balaban J connectivity index is 1.85. The first kappa shape index (κ1) is 18.7. The van der Waals surface area contributed by atoms with Crippen molar-refractivity contribution in [2.75, 3.05) is 13.7 Å². The summed E-state index contributed by atoms with van der Waals surface area (Å²) in [5.74, 6) is -0.360. The van der Waals surface area contributed by atoms with Crippen molar-refractivity contribution in [1.82, 2.24) is 5.32 Å². The molecule has 0 spiro atoms. The molecule has 0 saturated heterocycles. The molecule has 0 radical (unpaired) electrons. The number of carbonyl (C=O) groups is 2. The Hall–Kier alpha value is -3.60. The zero-order chi connectivity index (χ0) is 20.5. The highest BCUT2D eigenvalue weighted by molar-refractivity contribution is 6.23. The van der Waals surface area contributed by atoms with E-state index in [0.717, 1.165) is 16.8 Å². The van der Waals surface area contributed by atoms with Crippen LogP contribution in [0.4, 0.5) is 0 Å². The number of esters is 1. The summed E-state index contributed by atoms with van der Waals surface area (Å²) in [5, 5.41) is 3.27. The van der Waals surface area contributed by atoms with Gasteiger partial charge in [0, 0.05) is 28.3 Å². The zero-order valence-corrected chi connectivity index (χ0v) is 16.3. The van der Waals surface area contributed by atoms with Crippen molar-refractivity contribution >= 4 is 17.4 Å². The summed E-state index contributed by atoms with van der Waals surface area (Å²) >= 11 is 0. The van der Waals surface area contributed by atoms with Crippen molar-refractivity contribution < 1.29 is 19.1 Å². The van der Waals surface area contributed by atoms with E-state index in [1.165, 1.54) is 7.11 Å². The lowest BCUT2D eigenvalue weighted by atomic mass is 9.80. The van der Waals surface area contributed by atoms with Crippen molar-refractivity contribution in [3.63, 3.8) is 0 Å². The minimum atomic E-state index is -0.521. The second kappa shape index (κ2) is 7.43. The van der Waals surface area contributed by atoms with Crippen molar-refractivity contribution in [3.8, 4) is 5.75 Å². The average Bonchev–Trinajstić information content (AvgIpc) is 3.03. The maximum Gasteiger partial charge on any atom is 0.336 e. The average molecular weight is 387 g/mol. The van der Waals surface area contributed by atoms with Crippen LogP contribution in [0.1, 0.15) is 34.3 Å².